The molecule has 2 aliphatic rings. The topological polar surface area (TPSA) is 40.6 Å². The van der Waals surface area contributed by atoms with E-state index < -0.39 is 4.87 Å². The molecule has 6 heteroatoms. The molecule has 30 heavy (non-hydrogen) atoms. The van der Waals surface area contributed by atoms with Crippen molar-refractivity contribution in [2.75, 3.05) is 15.6 Å². The van der Waals surface area contributed by atoms with Crippen molar-refractivity contribution < 1.29 is 14.0 Å². The predicted octanol–water partition coefficient (Wildman–Crippen LogP) is 4.61. The summed E-state index contributed by atoms with van der Waals surface area (Å²) >= 11 is 1.33. The molecule has 4 nitrogen and oxygen atoms in total. The van der Waals surface area contributed by atoms with Crippen LogP contribution in [-0.4, -0.2) is 17.6 Å². The second-order valence-electron chi connectivity index (χ2n) is 7.50. The molecule has 0 aromatic heterocycles. The number of fused-ring (bicyclic) bond motifs is 2. The van der Waals surface area contributed by atoms with Gasteiger partial charge in [0.05, 0.1) is 18.0 Å². The Morgan fingerprint density at radius 2 is 1.77 bits per heavy atom. The van der Waals surface area contributed by atoms with Gasteiger partial charge in [0.2, 0.25) is 10.8 Å². The standard InChI is InChI=1S/C24H19FN2O2S/c1-16-7-6-9-18(13-16)27-22(28)15-30-24(27)19-10-3-5-12-21(19)26(23(24)29)14-17-8-2-4-11-20(17)25/h2-13H,14-15H2,1H3. The van der Waals surface area contributed by atoms with E-state index in [1.807, 2.05) is 55.5 Å². The number of carbonyl (C=O) groups is 2. The maximum atomic E-state index is 14.4. The van der Waals surface area contributed by atoms with E-state index in [-0.39, 0.29) is 29.9 Å². The summed E-state index contributed by atoms with van der Waals surface area (Å²) in [5.74, 6) is -0.470. The van der Waals surface area contributed by atoms with E-state index in [1.54, 1.807) is 28.0 Å². The maximum absolute atomic E-state index is 14.4. The zero-order valence-electron chi connectivity index (χ0n) is 16.3. The summed E-state index contributed by atoms with van der Waals surface area (Å²) in [5.41, 5.74) is 3.62. The van der Waals surface area contributed by atoms with Crippen molar-refractivity contribution >= 4 is 35.0 Å². The Morgan fingerprint density at radius 3 is 2.57 bits per heavy atom. The van der Waals surface area contributed by atoms with Crippen LogP contribution in [0.2, 0.25) is 0 Å². The quantitative estimate of drug-likeness (QED) is 0.624. The molecular formula is C24H19FN2O2S. The molecule has 150 valence electrons. The van der Waals surface area contributed by atoms with Gasteiger partial charge in [-0.1, -0.05) is 48.5 Å². The number of benzene rings is 3. The largest absolute Gasteiger partial charge is 0.304 e. The lowest BCUT2D eigenvalue weighted by atomic mass is 10.0. The van der Waals surface area contributed by atoms with Gasteiger partial charge in [0.1, 0.15) is 5.82 Å². The molecule has 1 spiro atoms. The number of rotatable bonds is 3. The van der Waals surface area contributed by atoms with Gasteiger partial charge in [-0.3, -0.25) is 14.5 Å². The lowest BCUT2D eigenvalue weighted by molar-refractivity contribution is -0.123. The van der Waals surface area contributed by atoms with E-state index in [2.05, 4.69) is 0 Å². The fourth-order valence-electron chi connectivity index (χ4n) is 4.28. The van der Waals surface area contributed by atoms with Crippen molar-refractivity contribution in [2.45, 2.75) is 18.3 Å². The third kappa shape index (κ3) is 2.67. The number of carbonyl (C=O) groups excluding carboxylic acids is 2. The highest BCUT2D eigenvalue weighted by Gasteiger charge is 2.60. The molecule has 3 aromatic rings. The summed E-state index contributed by atoms with van der Waals surface area (Å²) < 4.78 is 14.4. The number of nitrogens with zero attached hydrogens (tertiary/aromatic N) is 2. The summed E-state index contributed by atoms with van der Waals surface area (Å²) in [6, 6.07) is 21.6. The van der Waals surface area contributed by atoms with E-state index >= 15 is 0 Å². The third-order valence-electron chi connectivity index (χ3n) is 5.61. The van der Waals surface area contributed by atoms with Gasteiger partial charge in [0.25, 0.3) is 5.91 Å². The number of para-hydroxylation sites is 1. The van der Waals surface area contributed by atoms with Crippen molar-refractivity contribution in [3.05, 3.63) is 95.3 Å². The first-order valence-corrected chi connectivity index (χ1v) is 10.7. The number of halogens is 1. The van der Waals surface area contributed by atoms with Crippen LogP contribution in [0, 0.1) is 12.7 Å². The van der Waals surface area contributed by atoms with Gasteiger partial charge in [-0.15, -0.1) is 11.8 Å². The highest BCUT2D eigenvalue weighted by Crippen LogP contribution is 2.55. The highest BCUT2D eigenvalue weighted by molar-refractivity contribution is 8.02. The average molecular weight is 418 g/mol. The average Bonchev–Trinajstić information content (AvgIpc) is 3.21. The molecular weight excluding hydrogens is 399 g/mol. The molecule has 3 aromatic carbocycles. The van der Waals surface area contributed by atoms with Gasteiger partial charge in [-0.05, 0) is 36.8 Å². The number of amides is 2. The Hall–Kier alpha value is -3.12. The molecule has 0 saturated carbocycles. The normalized spacial score (nSPS) is 20.3. The van der Waals surface area contributed by atoms with Crippen molar-refractivity contribution in [1.29, 1.82) is 0 Å². The van der Waals surface area contributed by atoms with Gasteiger partial charge in [0, 0.05) is 16.8 Å². The van der Waals surface area contributed by atoms with E-state index in [0.717, 1.165) is 11.1 Å². The molecule has 0 radical (unpaired) electrons. The first-order valence-electron chi connectivity index (χ1n) is 9.71. The van der Waals surface area contributed by atoms with Gasteiger partial charge in [0.15, 0.2) is 0 Å². The number of thioether (sulfide) groups is 1. The Bertz CT molecular complexity index is 1180. The fraction of sp³-hybridized carbons (Fsp3) is 0.167. The summed E-state index contributed by atoms with van der Waals surface area (Å²) in [6.45, 7) is 2.07. The first-order chi connectivity index (χ1) is 14.5. The maximum Gasteiger partial charge on any atom is 0.269 e. The monoisotopic (exact) mass is 418 g/mol. The second kappa shape index (κ2) is 6.99. The highest BCUT2D eigenvalue weighted by atomic mass is 32.2. The number of aryl methyl sites for hydroxylation is 1. The molecule has 2 heterocycles. The fourth-order valence-corrected chi connectivity index (χ4v) is 5.64. The summed E-state index contributed by atoms with van der Waals surface area (Å²) in [6.07, 6.45) is 0. The molecule has 1 atom stereocenters. The lowest BCUT2D eigenvalue weighted by Gasteiger charge is -2.33. The second-order valence-corrected chi connectivity index (χ2v) is 8.67. The van der Waals surface area contributed by atoms with E-state index in [1.165, 1.54) is 17.8 Å². The van der Waals surface area contributed by atoms with Crippen LogP contribution < -0.4 is 9.80 Å². The Morgan fingerprint density at radius 1 is 1.00 bits per heavy atom. The van der Waals surface area contributed by atoms with Gasteiger partial charge in [-0.2, -0.15) is 0 Å². The Kier molecular flexibility index (Phi) is 4.40. The summed E-state index contributed by atoms with van der Waals surface area (Å²) in [4.78, 5) is 28.9. The predicted molar refractivity (Wildman–Crippen MR) is 117 cm³/mol. The Labute approximate surface area is 178 Å². The zero-order chi connectivity index (χ0) is 20.9. The van der Waals surface area contributed by atoms with Crippen LogP contribution in [0.25, 0.3) is 0 Å². The van der Waals surface area contributed by atoms with Crippen LogP contribution in [0.4, 0.5) is 15.8 Å². The molecule has 2 aliphatic heterocycles. The van der Waals surface area contributed by atoms with Crippen LogP contribution in [0.15, 0.2) is 72.8 Å². The van der Waals surface area contributed by atoms with Crippen molar-refractivity contribution in [3.63, 3.8) is 0 Å². The van der Waals surface area contributed by atoms with Gasteiger partial charge < -0.3 is 4.90 Å². The minimum Gasteiger partial charge on any atom is -0.304 e. The minimum atomic E-state index is -1.17. The van der Waals surface area contributed by atoms with Crippen LogP contribution in [-0.2, 0) is 21.0 Å². The molecule has 2 amide bonds. The van der Waals surface area contributed by atoms with Crippen molar-refractivity contribution in [2.24, 2.45) is 0 Å². The molecule has 0 aliphatic carbocycles. The van der Waals surface area contributed by atoms with Crippen LogP contribution in [0.3, 0.4) is 0 Å². The smallest absolute Gasteiger partial charge is 0.269 e. The summed E-state index contributed by atoms with van der Waals surface area (Å²) in [7, 11) is 0. The molecule has 5 rings (SSSR count). The third-order valence-corrected chi connectivity index (χ3v) is 7.00. The SMILES string of the molecule is Cc1cccc(N2C(=O)CSC23C(=O)N(Cc2ccccc2F)c2ccccc23)c1. The number of hydrogen-bond acceptors (Lipinski definition) is 3. The van der Waals surface area contributed by atoms with Crippen molar-refractivity contribution in [1.82, 2.24) is 0 Å². The van der Waals surface area contributed by atoms with E-state index in [9.17, 15) is 14.0 Å². The van der Waals surface area contributed by atoms with E-state index in [0.29, 0.717) is 16.9 Å². The molecule has 1 fully saturated rings. The molecule has 0 bridgehead atoms. The van der Waals surface area contributed by atoms with Crippen molar-refractivity contribution in [3.8, 4) is 0 Å². The van der Waals surface area contributed by atoms with Crippen LogP contribution in [0.1, 0.15) is 16.7 Å². The number of anilines is 2. The molecule has 0 N–H and O–H groups in total. The minimum absolute atomic E-state index is 0.110. The van der Waals surface area contributed by atoms with Gasteiger partial charge >= 0.3 is 0 Å². The zero-order valence-corrected chi connectivity index (χ0v) is 17.2. The van der Waals surface area contributed by atoms with Crippen LogP contribution >= 0.6 is 11.8 Å². The van der Waals surface area contributed by atoms with Crippen LogP contribution in [0.5, 0.6) is 0 Å². The van der Waals surface area contributed by atoms with Gasteiger partial charge in [-0.25, -0.2) is 4.39 Å². The summed E-state index contributed by atoms with van der Waals surface area (Å²) in [5, 5.41) is 0. The Balaban J connectivity index is 1.66. The number of hydrogen-bond donors (Lipinski definition) is 0. The molecule has 1 unspecified atom stereocenters. The lowest BCUT2D eigenvalue weighted by Crippen LogP contribution is -2.49. The molecule has 1 saturated heterocycles. The first kappa shape index (κ1) is 18.9. The van der Waals surface area contributed by atoms with E-state index in [4.69, 9.17) is 0 Å².